The number of nitrogens with zero attached hydrogens (tertiary/aromatic N) is 1. The van der Waals surface area contributed by atoms with Crippen LogP contribution in [0, 0.1) is 5.41 Å². The van der Waals surface area contributed by atoms with Crippen LogP contribution in [0.2, 0.25) is 5.02 Å². The molecule has 3 rings (SSSR count). The molecule has 1 aromatic heterocycles. The molecule has 1 unspecified atom stereocenters. The maximum Gasteiger partial charge on any atom is 0.270 e. The molecule has 3 nitrogen and oxygen atoms in total. The number of para-hydroxylation sites is 1. The van der Waals surface area contributed by atoms with Crippen molar-refractivity contribution in [3.8, 4) is 0 Å². The van der Waals surface area contributed by atoms with Gasteiger partial charge in [0.25, 0.3) is 5.91 Å². The third-order valence-electron chi connectivity index (χ3n) is 4.20. The lowest BCUT2D eigenvalue weighted by atomic mass is 9.92. The van der Waals surface area contributed by atoms with Crippen molar-refractivity contribution in [1.82, 2.24) is 10.3 Å². The Bertz CT molecular complexity index is 696. The number of carbonyl (C=O) groups excluding carboxylic acids is 1. The number of fused-ring (bicyclic) bond motifs is 1. The molecule has 1 aliphatic carbocycles. The van der Waals surface area contributed by atoms with Crippen LogP contribution in [0.1, 0.15) is 43.6 Å². The van der Waals surface area contributed by atoms with Crippen molar-refractivity contribution in [3.63, 3.8) is 0 Å². The predicted octanol–water partition coefficient (Wildman–Crippen LogP) is 4.20. The zero-order chi connectivity index (χ0) is 15.0. The second-order valence-electron chi connectivity index (χ2n) is 6.58. The topological polar surface area (TPSA) is 42.0 Å². The van der Waals surface area contributed by atoms with Gasteiger partial charge in [0.1, 0.15) is 5.69 Å². The van der Waals surface area contributed by atoms with Crippen LogP contribution in [-0.2, 0) is 0 Å². The van der Waals surface area contributed by atoms with Crippen LogP contribution in [0.5, 0.6) is 0 Å². The summed E-state index contributed by atoms with van der Waals surface area (Å²) < 4.78 is 0. The molecule has 110 valence electrons. The number of amides is 1. The molecule has 2 aromatic rings. The lowest BCUT2D eigenvalue weighted by Gasteiger charge is -2.17. The largest absolute Gasteiger partial charge is 0.348 e. The van der Waals surface area contributed by atoms with Gasteiger partial charge in [-0.15, -0.1) is 0 Å². The lowest BCUT2D eigenvalue weighted by molar-refractivity contribution is 0.0931. The highest BCUT2D eigenvalue weighted by molar-refractivity contribution is 6.35. The molecule has 1 heterocycles. The maximum atomic E-state index is 12.4. The first-order chi connectivity index (χ1) is 9.94. The summed E-state index contributed by atoms with van der Waals surface area (Å²) >= 11 is 6.25. The van der Waals surface area contributed by atoms with Gasteiger partial charge in [0.15, 0.2) is 0 Å². The van der Waals surface area contributed by atoms with Crippen molar-refractivity contribution in [3.05, 3.63) is 41.0 Å². The van der Waals surface area contributed by atoms with Gasteiger partial charge in [-0.1, -0.05) is 43.6 Å². The van der Waals surface area contributed by atoms with E-state index in [0.29, 0.717) is 16.1 Å². The third-order valence-corrected chi connectivity index (χ3v) is 4.51. The van der Waals surface area contributed by atoms with Crippen LogP contribution in [0.25, 0.3) is 10.9 Å². The fourth-order valence-corrected chi connectivity index (χ4v) is 3.33. The van der Waals surface area contributed by atoms with Crippen molar-refractivity contribution in [2.24, 2.45) is 5.41 Å². The highest BCUT2D eigenvalue weighted by Crippen LogP contribution is 2.37. The van der Waals surface area contributed by atoms with Crippen molar-refractivity contribution in [2.45, 2.75) is 39.2 Å². The van der Waals surface area contributed by atoms with E-state index in [-0.39, 0.29) is 11.9 Å². The van der Waals surface area contributed by atoms with Crippen molar-refractivity contribution in [1.29, 1.82) is 0 Å². The van der Waals surface area contributed by atoms with Gasteiger partial charge in [-0.25, -0.2) is 4.98 Å². The summed E-state index contributed by atoms with van der Waals surface area (Å²) in [6.45, 7) is 4.48. The van der Waals surface area contributed by atoms with Gasteiger partial charge in [0.2, 0.25) is 0 Å². The number of halogens is 1. The molecule has 0 aliphatic heterocycles. The smallest absolute Gasteiger partial charge is 0.270 e. The van der Waals surface area contributed by atoms with Gasteiger partial charge < -0.3 is 5.32 Å². The van der Waals surface area contributed by atoms with Crippen LogP contribution in [0.15, 0.2) is 30.3 Å². The summed E-state index contributed by atoms with van der Waals surface area (Å²) in [5.74, 6) is -0.134. The van der Waals surface area contributed by atoms with Gasteiger partial charge in [-0.05, 0) is 36.8 Å². The summed E-state index contributed by atoms with van der Waals surface area (Å²) in [5.41, 5.74) is 1.46. The number of benzene rings is 1. The number of aromatic nitrogens is 1. The second kappa shape index (κ2) is 5.30. The Hall–Kier alpha value is -1.61. The Balaban J connectivity index is 1.82. The molecule has 1 N–H and O–H groups in total. The van der Waals surface area contributed by atoms with Gasteiger partial charge in [0, 0.05) is 11.4 Å². The minimum atomic E-state index is -0.134. The summed E-state index contributed by atoms with van der Waals surface area (Å²) in [4.78, 5) is 16.8. The number of pyridine rings is 1. The Kier molecular flexibility index (Phi) is 3.62. The monoisotopic (exact) mass is 302 g/mol. The van der Waals surface area contributed by atoms with Gasteiger partial charge in [-0.3, -0.25) is 4.79 Å². The predicted molar refractivity (Wildman–Crippen MR) is 85.6 cm³/mol. The number of carbonyl (C=O) groups is 1. The van der Waals surface area contributed by atoms with E-state index in [2.05, 4.69) is 24.1 Å². The molecular formula is C17H19ClN2O. The molecule has 1 fully saturated rings. The Morgan fingerprint density at radius 1 is 1.38 bits per heavy atom. The Labute approximate surface area is 129 Å². The number of hydrogen-bond donors (Lipinski definition) is 1. The SMILES string of the molecule is CC1(C)CCC(NC(=O)c2cc(Cl)c3ccccc3n2)C1. The normalized spacial score (nSPS) is 20.6. The summed E-state index contributed by atoms with van der Waals surface area (Å²) in [6, 6.07) is 9.48. The van der Waals surface area contributed by atoms with Crippen LogP contribution in [-0.4, -0.2) is 16.9 Å². The molecule has 0 radical (unpaired) electrons. The van der Waals surface area contributed by atoms with Crippen LogP contribution < -0.4 is 5.32 Å². The van der Waals surface area contributed by atoms with Gasteiger partial charge in [0.05, 0.1) is 10.5 Å². The number of nitrogens with one attached hydrogen (secondary N) is 1. The van der Waals surface area contributed by atoms with Gasteiger partial charge >= 0.3 is 0 Å². The minimum absolute atomic E-state index is 0.134. The van der Waals surface area contributed by atoms with Crippen LogP contribution >= 0.6 is 11.6 Å². The van der Waals surface area contributed by atoms with E-state index in [1.54, 1.807) is 6.07 Å². The number of hydrogen-bond acceptors (Lipinski definition) is 2. The summed E-state index contributed by atoms with van der Waals surface area (Å²) in [6.07, 6.45) is 3.18. The Morgan fingerprint density at radius 2 is 2.14 bits per heavy atom. The zero-order valence-electron chi connectivity index (χ0n) is 12.3. The van der Waals surface area contributed by atoms with E-state index in [1.807, 2.05) is 24.3 Å². The molecule has 1 amide bonds. The molecule has 4 heteroatoms. The number of rotatable bonds is 2. The first-order valence-corrected chi connectivity index (χ1v) is 7.69. The molecule has 1 aromatic carbocycles. The molecule has 1 saturated carbocycles. The Morgan fingerprint density at radius 3 is 2.86 bits per heavy atom. The molecule has 1 atom stereocenters. The first kappa shape index (κ1) is 14.3. The van der Waals surface area contributed by atoms with E-state index < -0.39 is 0 Å². The van der Waals surface area contributed by atoms with Gasteiger partial charge in [-0.2, -0.15) is 0 Å². The highest BCUT2D eigenvalue weighted by Gasteiger charge is 2.32. The summed E-state index contributed by atoms with van der Waals surface area (Å²) in [5, 5.41) is 4.52. The average molecular weight is 303 g/mol. The van der Waals surface area contributed by atoms with Crippen molar-refractivity contribution < 1.29 is 4.79 Å². The molecule has 0 spiro atoms. The fourth-order valence-electron chi connectivity index (χ4n) is 3.07. The van der Waals surface area contributed by atoms with Crippen molar-refractivity contribution >= 4 is 28.4 Å². The highest BCUT2D eigenvalue weighted by atomic mass is 35.5. The fraction of sp³-hybridized carbons (Fsp3) is 0.412. The van der Waals surface area contributed by atoms with Crippen LogP contribution in [0.3, 0.4) is 0 Å². The minimum Gasteiger partial charge on any atom is -0.348 e. The van der Waals surface area contributed by atoms with E-state index in [0.717, 1.165) is 30.2 Å². The third kappa shape index (κ3) is 3.03. The van der Waals surface area contributed by atoms with Crippen LogP contribution in [0.4, 0.5) is 0 Å². The molecule has 21 heavy (non-hydrogen) atoms. The van der Waals surface area contributed by atoms with E-state index in [9.17, 15) is 4.79 Å². The second-order valence-corrected chi connectivity index (χ2v) is 6.99. The summed E-state index contributed by atoms with van der Waals surface area (Å²) in [7, 11) is 0. The quantitative estimate of drug-likeness (QED) is 0.903. The van der Waals surface area contributed by atoms with E-state index >= 15 is 0 Å². The maximum absolute atomic E-state index is 12.4. The average Bonchev–Trinajstić information content (AvgIpc) is 2.78. The van der Waals surface area contributed by atoms with E-state index in [1.165, 1.54) is 0 Å². The standard InChI is InChI=1S/C17H19ClN2O/c1-17(2)8-7-11(10-17)19-16(21)15-9-13(18)12-5-3-4-6-14(12)20-15/h3-6,9,11H,7-8,10H2,1-2H3,(H,19,21). The zero-order valence-corrected chi connectivity index (χ0v) is 13.1. The molecule has 0 saturated heterocycles. The molecular weight excluding hydrogens is 284 g/mol. The molecule has 1 aliphatic rings. The lowest BCUT2D eigenvalue weighted by Crippen LogP contribution is -2.34. The molecule has 0 bridgehead atoms. The first-order valence-electron chi connectivity index (χ1n) is 7.31. The van der Waals surface area contributed by atoms with Crippen molar-refractivity contribution in [2.75, 3.05) is 0 Å². The van der Waals surface area contributed by atoms with E-state index in [4.69, 9.17) is 11.6 Å².